The summed E-state index contributed by atoms with van der Waals surface area (Å²) >= 11 is 0. The molecule has 5 rings (SSSR count). The highest BCUT2D eigenvalue weighted by atomic mass is 16.7. The summed E-state index contributed by atoms with van der Waals surface area (Å²) in [5.74, 6) is 2.71. The number of aliphatic hydroxyl groups excluding tert-OH is 1. The monoisotopic (exact) mass is 465 g/mol. The molecule has 0 fully saturated rings. The number of aryl methyl sites for hydroxylation is 1. The van der Waals surface area contributed by atoms with Gasteiger partial charge in [-0.1, -0.05) is 46.8 Å². The van der Waals surface area contributed by atoms with Crippen molar-refractivity contribution in [2.45, 2.75) is 77.4 Å². The number of hydrogen-bond acceptors (Lipinski definition) is 5. The summed E-state index contributed by atoms with van der Waals surface area (Å²) in [7, 11) is 3.82. The van der Waals surface area contributed by atoms with Crippen LogP contribution in [0.3, 0.4) is 0 Å². The quantitative estimate of drug-likeness (QED) is 0.638. The average Bonchev–Trinajstić information content (AvgIpc) is 3.30. The lowest BCUT2D eigenvalue weighted by molar-refractivity contribution is 0.107. The van der Waals surface area contributed by atoms with Gasteiger partial charge in [0, 0.05) is 18.2 Å². The first-order valence-electron chi connectivity index (χ1n) is 12.5. The molecule has 2 heterocycles. The molecule has 0 aromatic heterocycles. The van der Waals surface area contributed by atoms with Gasteiger partial charge in [-0.3, -0.25) is 4.90 Å². The molecule has 0 saturated heterocycles. The van der Waals surface area contributed by atoms with Crippen LogP contribution in [0.5, 0.6) is 17.2 Å². The van der Waals surface area contributed by atoms with E-state index < -0.39 is 6.10 Å². The van der Waals surface area contributed by atoms with Crippen LogP contribution < -0.4 is 14.2 Å². The van der Waals surface area contributed by atoms with Crippen molar-refractivity contribution in [1.82, 2.24) is 4.90 Å². The Morgan fingerprint density at radius 3 is 2.47 bits per heavy atom. The molecule has 0 amide bonds. The molecule has 184 valence electrons. The standard InChI is InChI=1S/C29H39NO4/c1-16-11-20-21(29(5,6)17(2)28(20,3)4)13-19(16)23(31)14-22-25-18(9-10-30(22)7)12-24-26(27(25)32-8)34-15-33-24/h11-13,17,22-23,31H,9-10,14-15H2,1-8H3/t17-,22-,23-/m1/s1. The van der Waals surface area contributed by atoms with Crippen molar-refractivity contribution in [1.29, 1.82) is 0 Å². The first-order valence-corrected chi connectivity index (χ1v) is 12.5. The fraction of sp³-hybridized carbons (Fsp3) is 0.586. The van der Waals surface area contributed by atoms with Crippen LogP contribution in [0.25, 0.3) is 0 Å². The fourth-order valence-corrected chi connectivity index (χ4v) is 6.68. The van der Waals surface area contributed by atoms with E-state index in [1.807, 2.05) is 0 Å². The lowest BCUT2D eigenvalue weighted by Crippen LogP contribution is -2.33. The zero-order valence-corrected chi connectivity index (χ0v) is 21.9. The molecule has 2 aromatic rings. The van der Waals surface area contributed by atoms with E-state index in [1.54, 1.807) is 7.11 Å². The van der Waals surface area contributed by atoms with Crippen LogP contribution in [0.15, 0.2) is 18.2 Å². The van der Waals surface area contributed by atoms with Crippen molar-refractivity contribution < 1.29 is 19.3 Å². The molecule has 34 heavy (non-hydrogen) atoms. The van der Waals surface area contributed by atoms with E-state index >= 15 is 0 Å². The third kappa shape index (κ3) is 3.27. The average molecular weight is 466 g/mol. The second-order valence-corrected chi connectivity index (χ2v) is 11.6. The molecule has 0 spiro atoms. The molecule has 1 N–H and O–H groups in total. The summed E-state index contributed by atoms with van der Waals surface area (Å²) in [5.41, 5.74) is 7.53. The predicted molar refractivity (Wildman–Crippen MR) is 134 cm³/mol. The van der Waals surface area contributed by atoms with Crippen LogP contribution in [0.1, 0.15) is 86.6 Å². The molecular formula is C29H39NO4. The summed E-state index contributed by atoms with van der Waals surface area (Å²) in [6.45, 7) is 15.0. The summed E-state index contributed by atoms with van der Waals surface area (Å²) in [4.78, 5) is 2.33. The highest BCUT2D eigenvalue weighted by molar-refractivity contribution is 5.62. The fourth-order valence-electron chi connectivity index (χ4n) is 6.68. The Bertz CT molecular complexity index is 1140. The Kier molecular flexibility index (Phi) is 5.45. The molecule has 3 atom stereocenters. The van der Waals surface area contributed by atoms with Crippen molar-refractivity contribution in [2.24, 2.45) is 5.92 Å². The Morgan fingerprint density at radius 2 is 1.79 bits per heavy atom. The van der Waals surface area contributed by atoms with Crippen LogP contribution in [0, 0.1) is 12.8 Å². The van der Waals surface area contributed by atoms with E-state index in [0.717, 1.165) is 35.6 Å². The molecule has 2 aliphatic heterocycles. The van der Waals surface area contributed by atoms with Crippen LogP contribution in [-0.4, -0.2) is 37.5 Å². The van der Waals surface area contributed by atoms with Gasteiger partial charge >= 0.3 is 0 Å². The van der Waals surface area contributed by atoms with Gasteiger partial charge in [0.1, 0.15) is 0 Å². The molecular weight excluding hydrogens is 426 g/mol. The Labute approximate surface area is 204 Å². The van der Waals surface area contributed by atoms with Gasteiger partial charge in [0.25, 0.3) is 0 Å². The molecule has 1 aliphatic carbocycles. The molecule has 0 unspecified atom stereocenters. The summed E-state index contributed by atoms with van der Waals surface area (Å²) in [6.07, 6.45) is 0.942. The normalized spacial score (nSPS) is 25.1. The van der Waals surface area contributed by atoms with Gasteiger partial charge < -0.3 is 19.3 Å². The number of ether oxygens (including phenoxy) is 3. The number of aliphatic hydroxyl groups is 1. The molecule has 0 bridgehead atoms. The van der Waals surface area contributed by atoms with Crippen molar-refractivity contribution in [2.75, 3.05) is 27.5 Å². The number of nitrogens with zero attached hydrogens (tertiary/aromatic N) is 1. The number of fused-ring (bicyclic) bond motifs is 3. The van der Waals surface area contributed by atoms with Crippen LogP contribution in [0.2, 0.25) is 0 Å². The Hall–Kier alpha value is -2.24. The topological polar surface area (TPSA) is 51.2 Å². The molecule has 0 radical (unpaired) electrons. The number of rotatable bonds is 4. The minimum atomic E-state index is -0.575. The minimum absolute atomic E-state index is 0.0271. The number of likely N-dealkylation sites (N-methyl/N-ethyl adjacent to an activating group) is 1. The predicted octanol–water partition coefficient (Wildman–Crippen LogP) is 5.59. The third-order valence-corrected chi connectivity index (χ3v) is 9.31. The second kappa shape index (κ2) is 7.89. The van der Waals surface area contributed by atoms with Crippen molar-refractivity contribution in [3.8, 4) is 17.2 Å². The second-order valence-electron chi connectivity index (χ2n) is 11.6. The maximum atomic E-state index is 11.6. The van der Waals surface area contributed by atoms with E-state index in [-0.39, 0.29) is 23.7 Å². The highest BCUT2D eigenvalue weighted by Gasteiger charge is 2.49. The smallest absolute Gasteiger partial charge is 0.231 e. The lowest BCUT2D eigenvalue weighted by Gasteiger charge is -2.37. The summed E-state index contributed by atoms with van der Waals surface area (Å²) in [5, 5.41) is 11.6. The zero-order chi connectivity index (χ0) is 24.6. The number of methoxy groups -OCH3 is 1. The Balaban J connectivity index is 1.54. The molecule has 5 nitrogen and oxygen atoms in total. The summed E-state index contributed by atoms with van der Waals surface area (Å²) in [6, 6.07) is 6.75. The first-order chi connectivity index (χ1) is 16.0. The molecule has 5 heteroatoms. The van der Waals surface area contributed by atoms with Crippen molar-refractivity contribution in [3.63, 3.8) is 0 Å². The van der Waals surface area contributed by atoms with E-state index in [9.17, 15) is 5.11 Å². The SMILES string of the molecule is COc1c2c(cc3c1[C@@H](C[C@@H](O)c1cc4c(cc1C)C(C)(C)[C@@H](C)C4(C)C)N(C)CC3)OCO2. The lowest BCUT2D eigenvalue weighted by atomic mass is 9.71. The van der Waals surface area contributed by atoms with Gasteiger partial charge in [-0.15, -0.1) is 0 Å². The van der Waals surface area contributed by atoms with Crippen LogP contribution >= 0.6 is 0 Å². The van der Waals surface area contributed by atoms with Crippen LogP contribution in [0.4, 0.5) is 0 Å². The van der Waals surface area contributed by atoms with Crippen LogP contribution in [-0.2, 0) is 17.3 Å². The van der Waals surface area contributed by atoms with Gasteiger partial charge in [0.2, 0.25) is 12.5 Å². The Morgan fingerprint density at radius 1 is 1.12 bits per heavy atom. The minimum Gasteiger partial charge on any atom is -0.492 e. The summed E-state index contributed by atoms with van der Waals surface area (Å²) < 4.78 is 17.3. The van der Waals surface area contributed by atoms with Crippen molar-refractivity contribution in [3.05, 3.63) is 51.6 Å². The molecule has 3 aliphatic rings. The van der Waals surface area contributed by atoms with E-state index in [0.29, 0.717) is 18.1 Å². The largest absolute Gasteiger partial charge is 0.492 e. The third-order valence-electron chi connectivity index (χ3n) is 9.31. The van der Waals surface area contributed by atoms with Gasteiger partial charge in [0.15, 0.2) is 11.5 Å². The number of hydrogen-bond donors (Lipinski definition) is 1. The van der Waals surface area contributed by atoms with E-state index in [2.05, 4.69) is 71.7 Å². The molecule has 2 aromatic carbocycles. The highest BCUT2D eigenvalue weighted by Crippen LogP contribution is 2.55. The first kappa shape index (κ1) is 23.5. The van der Waals surface area contributed by atoms with Gasteiger partial charge in [-0.2, -0.15) is 0 Å². The van der Waals surface area contributed by atoms with E-state index in [4.69, 9.17) is 14.2 Å². The number of benzene rings is 2. The maximum Gasteiger partial charge on any atom is 0.231 e. The van der Waals surface area contributed by atoms with Gasteiger partial charge in [-0.25, -0.2) is 0 Å². The maximum absolute atomic E-state index is 11.6. The van der Waals surface area contributed by atoms with Gasteiger partial charge in [0.05, 0.1) is 13.2 Å². The van der Waals surface area contributed by atoms with E-state index in [1.165, 1.54) is 22.3 Å². The van der Waals surface area contributed by atoms with Crippen molar-refractivity contribution >= 4 is 0 Å². The van der Waals surface area contributed by atoms with Gasteiger partial charge in [-0.05, 0) is 77.4 Å². The zero-order valence-electron chi connectivity index (χ0n) is 21.9. The molecule has 0 saturated carbocycles.